The third-order valence-electron chi connectivity index (χ3n) is 4.98. The molecule has 0 unspecified atom stereocenters. The van der Waals surface area contributed by atoms with Crippen LogP contribution < -0.4 is 0 Å². The number of ether oxygens (including phenoxy) is 1. The fourth-order valence-corrected chi connectivity index (χ4v) is 3.08. The van der Waals surface area contributed by atoms with Gasteiger partial charge in [-0.15, -0.1) is 0 Å². The molecule has 0 aromatic rings. The second kappa shape index (κ2) is 25.0. The quantitative estimate of drug-likeness (QED) is 0.106. The van der Waals surface area contributed by atoms with Crippen LogP contribution in [0.2, 0.25) is 0 Å². The third-order valence-corrected chi connectivity index (χ3v) is 4.98. The zero-order chi connectivity index (χ0) is 26.0. The Hall–Kier alpha value is -2.64. The molecule has 196 valence electrons. The predicted octanol–water partition coefficient (Wildman–Crippen LogP) is 6.14. The smallest absolute Gasteiger partial charge is 0.331 e. The fraction of sp³-hybridized carbons (Fsp3) is 0.692. The summed E-state index contributed by atoms with van der Waals surface area (Å²) in [5.41, 5.74) is -0.00828. The number of hydrogen-bond donors (Lipinski definition) is 3. The van der Waals surface area contributed by atoms with Crippen molar-refractivity contribution in [3.8, 4) is 0 Å². The first-order valence-corrected chi connectivity index (χ1v) is 12.5. The first kappa shape index (κ1) is 33.5. The molecule has 0 aliphatic carbocycles. The van der Waals surface area contributed by atoms with Crippen LogP contribution in [-0.2, 0) is 23.9 Å². The van der Waals surface area contributed by atoms with Gasteiger partial charge in [0.15, 0.2) is 0 Å². The molecule has 0 aromatic carbocycles. The average molecular weight is 485 g/mol. The minimum atomic E-state index is -1.19. The summed E-state index contributed by atoms with van der Waals surface area (Å²) in [7, 11) is 0. The van der Waals surface area contributed by atoms with Gasteiger partial charge in [-0.25, -0.2) is 19.2 Å². The highest BCUT2D eigenvalue weighted by Gasteiger charge is 2.08. The minimum Gasteiger partial charge on any atom is -0.478 e. The number of carbonyl (C=O) groups excluding carboxylic acids is 1. The highest BCUT2D eigenvalue weighted by molar-refractivity contribution is 5.94. The van der Waals surface area contributed by atoms with E-state index >= 15 is 0 Å². The van der Waals surface area contributed by atoms with Crippen LogP contribution in [0.4, 0.5) is 0 Å². The van der Waals surface area contributed by atoms with E-state index in [9.17, 15) is 19.2 Å². The Bertz CT molecular complexity index is 620. The standard InChI is InChI=1S/2C13H22O4/c1-2-3-4-5-6-7-8-11-17-13(16)10-9-12(14)15;1-2-3-4-5-6-7-8-9-11(13(16)17)10-12(14)15/h9-10H,2-8,11H2,1H3,(H,14,15);10H,2-9H2,1H3,(H,14,15)(H,16,17)/b10-9-;11-10-. The van der Waals surface area contributed by atoms with Crippen molar-refractivity contribution in [2.24, 2.45) is 0 Å². The zero-order valence-corrected chi connectivity index (χ0v) is 20.9. The van der Waals surface area contributed by atoms with Gasteiger partial charge in [-0.3, -0.25) is 0 Å². The van der Waals surface area contributed by atoms with Crippen LogP contribution >= 0.6 is 0 Å². The van der Waals surface area contributed by atoms with Gasteiger partial charge in [-0.05, 0) is 19.3 Å². The molecule has 0 fully saturated rings. The predicted molar refractivity (Wildman–Crippen MR) is 132 cm³/mol. The maximum absolute atomic E-state index is 10.9. The van der Waals surface area contributed by atoms with Gasteiger partial charge in [-0.2, -0.15) is 0 Å². The lowest BCUT2D eigenvalue weighted by atomic mass is 10.0. The average Bonchev–Trinajstić information content (AvgIpc) is 2.78. The van der Waals surface area contributed by atoms with Crippen molar-refractivity contribution < 1.29 is 39.2 Å². The van der Waals surface area contributed by atoms with E-state index in [1.54, 1.807) is 0 Å². The Balaban J connectivity index is 0. The normalized spacial score (nSPS) is 11.1. The lowest BCUT2D eigenvalue weighted by Gasteiger charge is -2.02. The van der Waals surface area contributed by atoms with Gasteiger partial charge in [0.05, 0.1) is 6.61 Å². The lowest BCUT2D eigenvalue weighted by molar-refractivity contribution is -0.138. The Morgan fingerprint density at radius 1 is 0.618 bits per heavy atom. The number of carboxylic acid groups (broad SMARTS) is 3. The molecular weight excluding hydrogens is 440 g/mol. The highest BCUT2D eigenvalue weighted by Crippen LogP contribution is 2.12. The molecule has 0 saturated carbocycles. The molecule has 34 heavy (non-hydrogen) atoms. The monoisotopic (exact) mass is 484 g/mol. The van der Waals surface area contributed by atoms with Gasteiger partial charge in [0.2, 0.25) is 0 Å². The molecule has 0 heterocycles. The Kier molecular flexibility index (Phi) is 24.6. The molecule has 0 amide bonds. The van der Waals surface area contributed by atoms with E-state index in [-0.39, 0.29) is 5.57 Å². The molecule has 0 aliphatic heterocycles. The summed E-state index contributed by atoms with van der Waals surface area (Å²) in [6.45, 7) is 4.72. The number of carboxylic acids is 3. The molecule has 0 aromatic heterocycles. The molecule has 8 heteroatoms. The van der Waals surface area contributed by atoms with Crippen molar-refractivity contribution in [2.75, 3.05) is 6.61 Å². The van der Waals surface area contributed by atoms with Gasteiger partial charge < -0.3 is 20.1 Å². The largest absolute Gasteiger partial charge is 0.478 e. The summed E-state index contributed by atoms with van der Waals surface area (Å²) in [5.74, 6) is -4.04. The second-order valence-corrected chi connectivity index (χ2v) is 8.14. The summed E-state index contributed by atoms with van der Waals surface area (Å²) in [6, 6.07) is 0. The summed E-state index contributed by atoms with van der Waals surface area (Å²) in [6.07, 6.45) is 18.6. The molecular formula is C26H44O8. The number of unbranched alkanes of at least 4 members (excludes halogenated alkanes) is 12. The first-order valence-electron chi connectivity index (χ1n) is 12.5. The maximum atomic E-state index is 10.9. The zero-order valence-electron chi connectivity index (χ0n) is 20.9. The summed E-state index contributed by atoms with van der Waals surface area (Å²) in [4.78, 5) is 42.1. The molecule has 0 atom stereocenters. The molecule has 0 spiro atoms. The van der Waals surface area contributed by atoms with Crippen molar-refractivity contribution in [1.29, 1.82) is 0 Å². The topological polar surface area (TPSA) is 138 Å². The Morgan fingerprint density at radius 2 is 1.09 bits per heavy atom. The number of esters is 1. The molecule has 0 aliphatic rings. The lowest BCUT2D eigenvalue weighted by Crippen LogP contribution is -2.04. The van der Waals surface area contributed by atoms with Crippen LogP contribution in [0.25, 0.3) is 0 Å². The number of hydrogen-bond acceptors (Lipinski definition) is 5. The van der Waals surface area contributed by atoms with Crippen LogP contribution in [0, 0.1) is 0 Å². The van der Waals surface area contributed by atoms with Crippen LogP contribution in [0.1, 0.15) is 110 Å². The van der Waals surface area contributed by atoms with E-state index in [0.717, 1.165) is 50.3 Å². The highest BCUT2D eigenvalue weighted by atomic mass is 16.5. The van der Waals surface area contributed by atoms with Crippen LogP contribution in [0.15, 0.2) is 23.8 Å². The number of rotatable bonds is 20. The molecule has 0 bridgehead atoms. The molecule has 0 rings (SSSR count). The van der Waals surface area contributed by atoms with Crippen LogP contribution in [0.5, 0.6) is 0 Å². The number of carbonyl (C=O) groups is 4. The Morgan fingerprint density at radius 3 is 1.53 bits per heavy atom. The van der Waals surface area contributed by atoms with E-state index in [4.69, 9.17) is 20.1 Å². The van der Waals surface area contributed by atoms with E-state index in [0.29, 0.717) is 13.0 Å². The summed E-state index contributed by atoms with van der Waals surface area (Å²) < 4.78 is 4.83. The second-order valence-electron chi connectivity index (χ2n) is 8.14. The molecule has 0 radical (unpaired) electrons. The van der Waals surface area contributed by atoms with Gasteiger partial charge in [0.25, 0.3) is 0 Å². The van der Waals surface area contributed by atoms with Crippen molar-refractivity contribution >= 4 is 23.9 Å². The Labute approximate surface area is 204 Å². The molecule has 8 nitrogen and oxygen atoms in total. The summed E-state index contributed by atoms with van der Waals surface area (Å²) in [5, 5.41) is 25.5. The van der Waals surface area contributed by atoms with Gasteiger partial charge in [0.1, 0.15) is 0 Å². The molecule has 0 saturated heterocycles. The SMILES string of the molecule is CCCCCCCCC/C(=C/C(=O)O)C(=O)O.CCCCCCCCCOC(=O)/C=C\C(=O)O. The molecule has 3 N–H and O–H groups in total. The van der Waals surface area contributed by atoms with Crippen molar-refractivity contribution in [2.45, 2.75) is 110 Å². The number of aliphatic carboxylic acids is 3. The van der Waals surface area contributed by atoms with E-state index in [1.807, 2.05) is 0 Å². The van der Waals surface area contributed by atoms with Gasteiger partial charge in [-0.1, -0.05) is 90.9 Å². The van der Waals surface area contributed by atoms with Gasteiger partial charge >= 0.3 is 23.9 Å². The van der Waals surface area contributed by atoms with Crippen molar-refractivity contribution in [3.63, 3.8) is 0 Å². The van der Waals surface area contributed by atoms with Crippen molar-refractivity contribution in [1.82, 2.24) is 0 Å². The third kappa shape index (κ3) is 27.4. The summed E-state index contributed by atoms with van der Waals surface area (Å²) >= 11 is 0. The van der Waals surface area contributed by atoms with E-state index in [1.165, 1.54) is 57.8 Å². The first-order chi connectivity index (χ1) is 16.2. The maximum Gasteiger partial charge on any atom is 0.331 e. The van der Waals surface area contributed by atoms with E-state index in [2.05, 4.69) is 13.8 Å². The van der Waals surface area contributed by atoms with Gasteiger partial charge in [0, 0.05) is 23.8 Å². The van der Waals surface area contributed by atoms with E-state index < -0.39 is 23.9 Å². The van der Waals surface area contributed by atoms with Crippen LogP contribution in [-0.4, -0.2) is 45.8 Å². The fourth-order valence-electron chi connectivity index (χ4n) is 3.08. The van der Waals surface area contributed by atoms with Crippen LogP contribution in [0.3, 0.4) is 0 Å². The van der Waals surface area contributed by atoms with Crippen molar-refractivity contribution in [3.05, 3.63) is 23.8 Å². The minimum absolute atomic E-state index is 0.00828.